The lowest BCUT2D eigenvalue weighted by molar-refractivity contribution is 0.218. The van der Waals surface area contributed by atoms with Crippen LogP contribution in [0.1, 0.15) is 6.42 Å². The predicted octanol–water partition coefficient (Wildman–Crippen LogP) is -0.654. The van der Waals surface area contributed by atoms with Gasteiger partial charge in [0.25, 0.3) is 0 Å². The summed E-state index contributed by atoms with van der Waals surface area (Å²) in [7, 11) is 1.65. The third-order valence-corrected chi connectivity index (χ3v) is 1.07. The minimum absolute atomic E-state index is 0.400. The van der Waals surface area contributed by atoms with E-state index >= 15 is 0 Å². The lowest BCUT2D eigenvalue weighted by Crippen LogP contribution is -2.33. The normalized spacial score (nSPS) is 9.11. The van der Waals surface area contributed by atoms with Crippen molar-refractivity contribution in [3.05, 3.63) is 0 Å². The van der Waals surface area contributed by atoms with E-state index in [1.165, 1.54) is 4.90 Å². The zero-order valence-electron chi connectivity index (χ0n) is 5.63. The average Bonchev–Trinajstić information content (AvgIpc) is 1.82. The number of amides is 2. The number of nitrogens with zero attached hydrogens (tertiary/aromatic N) is 1. The molecule has 0 aliphatic carbocycles. The van der Waals surface area contributed by atoms with Gasteiger partial charge < -0.3 is 16.4 Å². The number of carbonyl (C=O) groups excluding carboxylic acids is 1. The Labute approximate surface area is 54.8 Å². The Morgan fingerprint density at radius 1 is 1.67 bits per heavy atom. The van der Waals surface area contributed by atoms with Crippen LogP contribution in [0, 0.1) is 0 Å². The highest BCUT2D eigenvalue weighted by Gasteiger charge is 1.99. The molecular weight excluding hydrogens is 118 g/mol. The molecule has 9 heavy (non-hydrogen) atoms. The Hall–Kier alpha value is -0.770. The number of primary amides is 1. The number of rotatable bonds is 3. The molecule has 0 saturated carbocycles. The molecule has 2 amide bonds. The van der Waals surface area contributed by atoms with Crippen molar-refractivity contribution in [1.29, 1.82) is 0 Å². The molecule has 4 N–H and O–H groups in total. The van der Waals surface area contributed by atoms with Crippen molar-refractivity contribution in [1.82, 2.24) is 4.90 Å². The van der Waals surface area contributed by atoms with E-state index in [9.17, 15) is 4.79 Å². The van der Waals surface area contributed by atoms with Crippen molar-refractivity contribution in [3.63, 3.8) is 0 Å². The molecule has 0 saturated heterocycles. The third kappa shape index (κ3) is 3.78. The second-order valence-electron chi connectivity index (χ2n) is 1.90. The van der Waals surface area contributed by atoms with E-state index in [0.29, 0.717) is 13.1 Å². The van der Waals surface area contributed by atoms with Crippen molar-refractivity contribution in [3.8, 4) is 0 Å². The molecule has 4 nitrogen and oxygen atoms in total. The first-order chi connectivity index (χ1) is 4.18. The smallest absolute Gasteiger partial charge is 0.314 e. The standard InChI is InChI=1S/C5H13N3O/c1-8(5(7)9)4-2-3-6/h2-4,6H2,1H3,(H2,7,9). The van der Waals surface area contributed by atoms with Gasteiger partial charge in [0.2, 0.25) is 0 Å². The molecule has 0 aromatic carbocycles. The molecule has 54 valence electrons. The highest BCUT2D eigenvalue weighted by molar-refractivity contribution is 5.71. The second kappa shape index (κ2) is 4.14. The van der Waals surface area contributed by atoms with Crippen LogP contribution in [0.5, 0.6) is 0 Å². The van der Waals surface area contributed by atoms with Crippen LogP contribution in [0.15, 0.2) is 0 Å². The summed E-state index contributed by atoms with van der Waals surface area (Å²) in [6.07, 6.45) is 0.805. The summed E-state index contributed by atoms with van der Waals surface area (Å²) in [5, 5.41) is 0. The zero-order chi connectivity index (χ0) is 7.28. The average molecular weight is 131 g/mol. The lowest BCUT2D eigenvalue weighted by atomic mass is 10.4. The molecule has 0 heterocycles. The summed E-state index contributed by atoms with van der Waals surface area (Å²) in [6, 6.07) is -0.400. The lowest BCUT2D eigenvalue weighted by Gasteiger charge is -2.11. The van der Waals surface area contributed by atoms with Crippen LogP contribution >= 0.6 is 0 Å². The van der Waals surface area contributed by atoms with Crippen molar-refractivity contribution in [2.75, 3.05) is 20.1 Å². The monoisotopic (exact) mass is 131 g/mol. The molecule has 0 aromatic rings. The van der Waals surface area contributed by atoms with Gasteiger partial charge in [0.15, 0.2) is 0 Å². The summed E-state index contributed by atoms with van der Waals surface area (Å²) in [4.78, 5) is 11.7. The fraction of sp³-hybridized carbons (Fsp3) is 0.800. The summed E-state index contributed by atoms with van der Waals surface area (Å²) in [5.41, 5.74) is 10.1. The molecule has 0 bridgehead atoms. The molecule has 0 radical (unpaired) electrons. The van der Waals surface area contributed by atoms with Crippen LogP contribution in [0.3, 0.4) is 0 Å². The van der Waals surface area contributed by atoms with Gasteiger partial charge in [0.1, 0.15) is 0 Å². The van der Waals surface area contributed by atoms with Gasteiger partial charge in [-0.1, -0.05) is 0 Å². The van der Waals surface area contributed by atoms with Gasteiger partial charge in [0, 0.05) is 13.6 Å². The predicted molar refractivity (Wildman–Crippen MR) is 35.9 cm³/mol. The molecule has 0 spiro atoms. The van der Waals surface area contributed by atoms with E-state index < -0.39 is 6.03 Å². The van der Waals surface area contributed by atoms with Gasteiger partial charge in [-0.05, 0) is 13.0 Å². The fourth-order valence-electron chi connectivity index (χ4n) is 0.439. The minimum atomic E-state index is -0.400. The molecule has 0 aliphatic heterocycles. The number of urea groups is 1. The molecule has 0 unspecified atom stereocenters. The second-order valence-corrected chi connectivity index (χ2v) is 1.90. The maximum Gasteiger partial charge on any atom is 0.314 e. The van der Waals surface area contributed by atoms with Crippen LogP contribution in [-0.2, 0) is 0 Å². The Balaban J connectivity index is 3.27. The molecule has 4 heteroatoms. The Kier molecular flexibility index (Phi) is 3.79. The topological polar surface area (TPSA) is 72.3 Å². The quantitative estimate of drug-likeness (QED) is 0.534. The summed E-state index contributed by atoms with van der Waals surface area (Å²) >= 11 is 0. The summed E-state index contributed by atoms with van der Waals surface area (Å²) < 4.78 is 0. The maximum absolute atomic E-state index is 10.3. The highest BCUT2D eigenvalue weighted by Crippen LogP contribution is 1.82. The van der Waals surface area contributed by atoms with Gasteiger partial charge in [-0.15, -0.1) is 0 Å². The van der Waals surface area contributed by atoms with Gasteiger partial charge in [-0.25, -0.2) is 4.79 Å². The maximum atomic E-state index is 10.3. The molecule has 0 atom stereocenters. The van der Waals surface area contributed by atoms with Gasteiger partial charge in [-0.2, -0.15) is 0 Å². The molecular formula is C5H13N3O. The molecule has 0 rings (SSSR count). The van der Waals surface area contributed by atoms with E-state index in [1.807, 2.05) is 0 Å². The number of carbonyl (C=O) groups is 1. The highest BCUT2D eigenvalue weighted by atomic mass is 16.2. The Bertz CT molecular complexity index is 94.2. The van der Waals surface area contributed by atoms with Crippen molar-refractivity contribution >= 4 is 6.03 Å². The Morgan fingerprint density at radius 3 is 2.56 bits per heavy atom. The van der Waals surface area contributed by atoms with Gasteiger partial charge >= 0.3 is 6.03 Å². The largest absolute Gasteiger partial charge is 0.351 e. The molecule has 0 fully saturated rings. The number of hydrogen-bond donors (Lipinski definition) is 2. The fourth-order valence-corrected chi connectivity index (χ4v) is 0.439. The third-order valence-electron chi connectivity index (χ3n) is 1.07. The minimum Gasteiger partial charge on any atom is -0.351 e. The molecule has 0 aliphatic rings. The summed E-state index contributed by atoms with van der Waals surface area (Å²) in [6.45, 7) is 1.24. The van der Waals surface area contributed by atoms with Gasteiger partial charge in [0.05, 0.1) is 0 Å². The first-order valence-corrected chi connectivity index (χ1v) is 2.89. The van der Waals surface area contributed by atoms with E-state index in [2.05, 4.69) is 0 Å². The van der Waals surface area contributed by atoms with E-state index in [1.54, 1.807) is 7.05 Å². The van der Waals surface area contributed by atoms with Crippen molar-refractivity contribution < 1.29 is 4.79 Å². The van der Waals surface area contributed by atoms with Crippen molar-refractivity contribution in [2.45, 2.75) is 6.42 Å². The van der Waals surface area contributed by atoms with Crippen LogP contribution in [0.25, 0.3) is 0 Å². The van der Waals surface area contributed by atoms with Crippen LogP contribution in [-0.4, -0.2) is 31.1 Å². The first-order valence-electron chi connectivity index (χ1n) is 2.89. The zero-order valence-corrected chi connectivity index (χ0v) is 5.63. The van der Waals surface area contributed by atoms with Crippen LogP contribution < -0.4 is 11.5 Å². The van der Waals surface area contributed by atoms with E-state index in [4.69, 9.17) is 11.5 Å². The van der Waals surface area contributed by atoms with E-state index in [-0.39, 0.29) is 0 Å². The molecule has 0 aromatic heterocycles. The first kappa shape index (κ1) is 8.23. The number of nitrogens with two attached hydrogens (primary N) is 2. The van der Waals surface area contributed by atoms with E-state index in [0.717, 1.165) is 6.42 Å². The SMILES string of the molecule is CN(CCCN)C(N)=O. The van der Waals surface area contributed by atoms with Crippen LogP contribution in [0.2, 0.25) is 0 Å². The van der Waals surface area contributed by atoms with Gasteiger partial charge in [-0.3, -0.25) is 0 Å². The summed E-state index contributed by atoms with van der Waals surface area (Å²) in [5.74, 6) is 0. The van der Waals surface area contributed by atoms with Crippen molar-refractivity contribution in [2.24, 2.45) is 11.5 Å². The number of hydrogen-bond acceptors (Lipinski definition) is 2. The van der Waals surface area contributed by atoms with Crippen LogP contribution in [0.4, 0.5) is 4.79 Å². The Morgan fingerprint density at radius 2 is 2.22 bits per heavy atom.